The van der Waals surface area contributed by atoms with E-state index in [2.05, 4.69) is 0 Å². The SMILES string of the molecule is CC(C)(C)[C@]1(O)C[C@@H]2OC(=O)C[C@]23C(=O)O[C@@H]2OC(=O)[C@H](O)[C@@]231. The Labute approximate surface area is 131 Å². The molecular formula is C15H18O8. The molecule has 1 aliphatic carbocycles. The van der Waals surface area contributed by atoms with Gasteiger partial charge in [-0.15, -0.1) is 0 Å². The number of esters is 3. The molecule has 0 aromatic carbocycles. The van der Waals surface area contributed by atoms with E-state index in [1.54, 1.807) is 20.8 Å². The highest BCUT2D eigenvalue weighted by Gasteiger charge is 2.92. The van der Waals surface area contributed by atoms with Crippen LogP contribution < -0.4 is 0 Å². The maximum atomic E-state index is 12.6. The predicted molar refractivity (Wildman–Crippen MR) is 70.4 cm³/mol. The van der Waals surface area contributed by atoms with Crippen LogP contribution in [0.2, 0.25) is 0 Å². The first-order valence-electron chi connectivity index (χ1n) is 7.54. The molecule has 0 amide bonds. The third-order valence-electron chi connectivity index (χ3n) is 6.22. The van der Waals surface area contributed by atoms with Crippen LogP contribution in [0.5, 0.6) is 0 Å². The number of carbonyl (C=O) groups excluding carboxylic acids is 3. The lowest BCUT2D eigenvalue weighted by molar-refractivity contribution is -0.224. The van der Waals surface area contributed by atoms with E-state index >= 15 is 0 Å². The molecule has 0 unspecified atom stereocenters. The molecule has 23 heavy (non-hydrogen) atoms. The summed E-state index contributed by atoms with van der Waals surface area (Å²) in [5, 5.41) is 22.2. The Morgan fingerprint density at radius 2 is 1.78 bits per heavy atom. The number of aliphatic hydroxyl groups is 2. The Morgan fingerprint density at radius 1 is 1.13 bits per heavy atom. The van der Waals surface area contributed by atoms with Crippen LogP contribution in [0, 0.1) is 16.2 Å². The Morgan fingerprint density at radius 3 is 2.39 bits per heavy atom. The Kier molecular flexibility index (Phi) is 2.39. The second-order valence-electron chi connectivity index (χ2n) is 7.89. The lowest BCUT2D eigenvalue weighted by Gasteiger charge is -2.49. The van der Waals surface area contributed by atoms with Crippen molar-refractivity contribution in [2.75, 3.05) is 0 Å². The number of carbonyl (C=O) groups is 3. The molecule has 0 aromatic rings. The third-order valence-corrected chi connectivity index (χ3v) is 6.22. The molecule has 3 saturated heterocycles. The second kappa shape index (κ2) is 3.70. The largest absolute Gasteiger partial charge is 0.461 e. The van der Waals surface area contributed by atoms with Crippen LogP contribution in [0.1, 0.15) is 33.6 Å². The van der Waals surface area contributed by atoms with Crippen LogP contribution in [0.3, 0.4) is 0 Å². The molecule has 0 bridgehead atoms. The molecule has 4 aliphatic rings. The minimum atomic E-state index is -1.78. The van der Waals surface area contributed by atoms with Gasteiger partial charge in [-0.2, -0.15) is 0 Å². The highest BCUT2D eigenvalue weighted by molar-refractivity contribution is 5.94. The van der Waals surface area contributed by atoms with E-state index in [0.29, 0.717) is 0 Å². The van der Waals surface area contributed by atoms with E-state index in [-0.39, 0.29) is 12.8 Å². The van der Waals surface area contributed by atoms with Crippen molar-refractivity contribution in [1.29, 1.82) is 0 Å². The van der Waals surface area contributed by atoms with Gasteiger partial charge in [-0.25, -0.2) is 4.79 Å². The van der Waals surface area contributed by atoms with Gasteiger partial charge in [-0.05, 0) is 5.41 Å². The van der Waals surface area contributed by atoms with Gasteiger partial charge in [0.15, 0.2) is 6.10 Å². The van der Waals surface area contributed by atoms with Crippen molar-refractivity contribution in [3.05, 3.63) is 0 Å². The van der Waals surface area contributed by atoms with E-state index in [0.717, 1.165) is 0 Å². The van der Waals surface area contributed by atoms with Gasteiger partial charge >= 0.3 is 17.9 Å². The maximum absolute atomic E-state index is 12.6. The number of ether oxygens (including phenoxy) is 3. The maximum Gasteiger partial charge on any atom is 0.339 e. The standard InChI is InChI=1S/C15H18O8/c1-12(2,3)14(20)4-6-13(5-7(16)21-6)10(19)23-11-15(13,14)8(17)9(18)22-11/h6,8,11,17,20H,4-5H2,1-3H3/t6-,8-,11-,13+,14+,15+/m0/s1. The molecule has 6 atom stereocenters. The van der Waals surface area contributed by atoms with Crippen LogP contribution >= 0.6 is 0 Å². The number of hydrogen-bond donors (Lipinski definition) is 2. The molecule has 8 heteroatoms. The van der Waals surface area contributed by atoms with Gasteiger partial charge in [0.05, 0.1) is 12.0 Å². The lowest BCUT2D eigenvalue weighted by Crippen LogP contribution is -2.65. The zero-order valence-corrected chi connectivity index (χ0v) is 13.0. The van der Waals surface area contributed by atoms with E-state index in [9.17, 15) is 24.6 Å². The minimum absolute atomic E-state index is 0.0679. The molecule has 126 valence electrons. The normalized spacial score (nSPS) is 51.0. The van der Waals surface area contributed by atoms with Gasteiger partial charge in [-0.3, -0.25) is 9.59 Å². The zero-order valence-electron chi connectivity index (χ0n) is 13.0. The summed E-state index contributed by atoms with van der Waals surface area (Å²) in [7, 11) is 0. The molecule has 8 nitrogen and oxygen atoms in total. The van der Waals surface area contributed by atoms with E-state index in [1.165, 1.54) is 0 Å². The van der Waals surface area contributed by atoms with E-state index in [1.807, 2.05) is 0 Å². The van der Waals surface area contributed by atoms with Gasteiger partial charge in [0.2, 0.25) is 0 Å². The minimum Gasteiger partial charge on any atom is -0.461 e. The fourth-order valence-corrected chi connectivity index (χ4v) is 5.15. The Bertz CT molecular complexity index is 650. The first-order valence-corrected chi connectivity index (χ1v) is 7.54. The predicted octanol–water partition coefficient (Wildman–Crippen LogP) is -0.744. The molecule has 0 aromatic heterocycles. The molecule has 2 N–H and O–H groups in total. The first kappa shape index (κ1) is 14.9. The highest BCUT2D eigenvalue weighted by Crippen LogP contribution is 2.75. The van der Waals surface area contributed by atoms with Crippen molar-refractivity contribution in [3.8, 4) is 0 Å². The Hall–Kier alpha value is -1.67. The molecule has 4 rings (SSSR count). The Balaban J connectivity index is 2.05. The third kappa shape index (κ3) is 1.20. The summed E-state index contributed by atoms with van der Waals surface area (Å²) in [6.45, 7) is 5.19. The van der Waals surface area contributed by atoms with Crippen molar-refractivity contribution in [3.63, 3.8) is 0 Å². The second-order valence-corrected chi connectivity index (χ2v) is 7.89. The topological polar surface area (TPSA) is 119 Å². The summed E-state index contributed by atoms with van der Waals surface area (Å²) in [4.78, 5) is 36.5. The van der Waals surface area contributed by atoms with Crippen molar-refractivity contribution in [1.82, 2.24) is 0 Å². The van der Waals surface area contributed by atoms with Gasteiger partial charge in [0.1, 0.15) is 16.9 Å². The molecule has 2 spiro atoms. The van der Waals surface area contributed by atoms with Crippen LogP contribution in [0.25, 0.3) is 0 Å². The highest BCUT2D eigenvalue weighted by atomic mass is 16.7. The van der Waals surface area contributed by atoms with Crippen LogP contribution in [0.15, 0.2) is 0 Å². The monoisotopic (exact) mass is 326 g/mol. The molecule has 3 heterocycles. The molecule has 1 saturated carbocycles. The molecule has 4 fully saturated rings. The average molecular weight is 326 g/mol. The summed E-state index contributed by atoms with van der Waals surface area (Å²) in [5.41, 5.74) is -5.91. The average Bonchev–Trinajstić information content (AvgIpc) is 3.00. The van der Waals surface area contributed by atoms with Gasteiger partial charge in [-0.1, -0.05) is 20.8 Å². The number of aliphatic hydroxyl groups excluding tert-OH is 1. The van der Waals surface area contributed by atoms with Crippen molar-refractivity contribution in [2.24, 2.45) is 16.2 Å². The van der Waals surface area contributed by atoms with E-state index < -0.39 is 58.3 Å². The summed E-state index contributed by atoms with van der Waals surface area (Å²) >= 11 is 0. The summed E-state index contributed by atoms with van der Waals surface area (Å²) in [6.07, 6.45) is -4.58. The van der Waals surface area contributed by atoms with E-state index in [4.69, 9.17) is 14.2 Å². The van der Waals surface area contributed by atoms with Crippen LogP contribution in [-0.4, -0.2) is 52.2 Å². The molecular weight excluding hydrogens is 308 g/mol. The van der Waals surface area contributed by atoms with Crippen LogP contribution in [0.4, 0.5) is 0 Å². The zero-order chi connectivity index (χ0) is 17.0. The number of rotatable bonds is 0. The summed E-state index contributed by atoms with van der Waals surface area (Å²) < 4.78 is 15.5. The van der Waals surface area contributed by atoms with Gasteiger partial charge in [0.25, 0.3) is 6.29 Å². The fraction of sp³-hybridized carbons (Fsp3) is 0.800. The van der Waals surface area contributed by atoms with Gasteiger partial charge < -0.3 is 24.4 Å². The van der Waals surface area contributed by atoms with Crippen LogP contribution in [-0.2, 0) is 28.6 Å². The summed E-state index contributed by atoms with van der Waals surface area (Å²) in [5.74, 6) is -2.36. The fourth-order valence-electron chi connectivity index (χ4n) is 5.15. The van der Waals surface area contributed by atoms with Gasteiger partial charge in [0, 0.05) is 6.42 Å². The number of hydrogen-bond acceptors (Lipinski definition) is 8. The van der Waals surface area contributed by atoms with Crippen molar-refractivity contribution in [2.45, 2.75) is 57.7 Å². The lowest BCUT2D eigenvalue weighted by atomic mass is 9.52. The molecule has 0 radical (unpaired) electrons. The smallest absolute Gasteiger partial charge is 0.339 e. The molecule has 3 aliphatic heterocycles. The summed E-state index contributed by atoms with van der Waals surface area (Å²) in [6, 6.07) is 0. The van der Waals surface area contributed by atoms with Crippen molar-refractivity contribution >= 4 is 17.9 Å². The van der Waals surface area contributed by atoms with Crippen molar-refractivity contribution < 1.29 is 38.8 Å². The first-order chi connectivity index (χ1) is 10.5. The quantitative estimate of drug-likeness (QED) is 0.558.